The molecule has 1 aliphatic heterocycles. The Morgan fingerprint density at radius 1 is 0.921 bits per heavy atom. The minimum atomic E-state index is -0.775. The number of likely N-dealkylation sites (tertiary alicyclic amines) is 1. The molecule has 1 heterocycles. The highest BCUT2D eigenvalue weighted by Crippen LogP contribution is 2.40. The summed E-state index contributed by atoms with van der Waals surface area (Å²) in [6.45, 7) is 40.2. The second kappa shape index (κ2) is 40.4. The zero-order valence-electron chi connectivity index (χ0n) is 43.9. The van der Waals surface area contributed by atoms with Crippen LogP contribution in [0.3, 0.4) is 0 Å². The first kappa shape index (κ1) is 66.4. The summed E-state index contributed by atoms with van der Waals surface area (Å²) in [6, 6.07) is -0.599. The van der Waals surface area contributed by atoms with Crippen LogP contribution in [-0.2, 0) is 19.2 Å². The summed E-state index contributed by atoms with van der Waals surface area (Å²) in [5.74, 6) is 3.76. The summed E-state index contributed by atoms with van der Waals surface area (Å²) in [6.07, 6.45) is 24.2. The van der Waals surface area contributed by atoms with Gasteiger partial charge in [0.25, 0.3) is 5.91 Å². The number of ketones is 1. The molecule has 63 heavy (non-hydrogen) atoms. The Morgan fingerprint density at radius 3 is 1.83 bits per heavy atom. The van der Waals surface area contributed by atoms with Crippen molar-refractivity contribution in [2.75, 3.05) is 26.7 Å². The first-order valence-electron chi connectivity index (χ1n) is 24.8. The molecule has 10 nitrogen and oxygen atoms in total. The summed E-state index contributed by atoms with van der Waals surface area (Å²) in [5.41, 5.74) is 11.9. The molecule has 10 heteroatoms. The third-order valence-corrected chi connectivity index (χ3v) is 12.2. The first-order valence-corrected chi connectivity index (χ1v) is 24.8. The summed E-state index contributed by atoms with van der Waals surface area (Å²) >= 11 is 0. The van der Waals surface area contributed by atoms with Crippen molar-refractivity contribution in [1.29, 1.82) is 0 Å². The molecule has 0 aromatic heterocycles. The van der Waals surface area contributed by atoms with Gasteiger partial charge in [0, 0.05) is 32.5 Å². The van der Waals surface area contributed by atoms with Crippen molar-refractivity contribution in [3.8, 4) is 12.3 Å². The highest BCUT2D eigenvalue weighted by atomic mass is 16.2. The summed E-state index contributed by atoms with van der Waals surface area (Å²) < 4.78 is 0. The van der Waals surface area contributed by atoms with Gasteiger partial charge >= 0.3 is 0 Å². The van der Waals surface area contributed by atoms with Crippen LogP contribution in [0, 0.1) is 40.9 Å². The van der Waals surface area contributed by atoms with Crippen LogP contribution in [0.2, 0.25) is 0 Å². The number of carbonyl (C=O) groups excluding carboxylic acids is 4. The number of amides is 3. The molecule has 2 aliphatic rings. The van der Waals surface area contributed by atoms with E-state index in [0.717, 1.165) is 69.5 Å². The molecule has 5 atom stereocenters. The molecular weight excluding hydrogens is 785 g/mol. The van der Waals surface area contributed by atoms with Gasteiger partial charge in [-0.15, -0.1) is 12.3 Å². The van der Waals surface area contributed by atoms with Gasteiger partial charge in [0.05, 0.1) is 18.1 Å². The highest BCUT2D eigenvalue weighted by Gasteiger charge is 2.44. The van der Waals surface area contributed by atoms with Crippen molar-refractivity contribution in [3.63, 3.8) is 0 Å². The molecular formula is C53H104N6O4. The molecule has 370 valence electrons. The fourth-order valence-electron chi connectivity index (χ4n) is 7.20. The smallest absolute Gasteiger partial charge is 0.289 e. The van der Waals surface area contributed by atoms with Crippen LogP contribution in [0.15, 0.2) is 24.9 Å². The minimum absolute atomic E-state index is 0.0574. The van der Waals surface area contributed by atoms with E-state index in [1.165, 1.54) is 51.1 Å². The van der Waals surface area contributed by atoms with Gasteiger partial charge in [-0.1, -0.05) is 167 Å². The van der Waals surface area contributed by atoms with Crippen LogP contribution < -0.4 is 27.4 Å². The van der Waals surface area contributed by atoms with Crippen LogP contribution in [0.1, 0.15) is 206 Å². The average Bonchev–Trinajstić information content (AvgIpc) is 3.57. The largest absolute Gasteiger partial charge is 0.405 e. The van der Waals surface area contributed by atoms with Crippen molar-refractivity contribution in [2.45, 2.75) is 224 Å². The van der Waals surface area contributed by atoms with E-state index in [9.17, 15) is 19.2 Å². The van der Waals surface area contributed by atoms with Crippen molar-refractivity contribution in [1.82, 2.24) is 20.9 Å². The number of terminal acetylenes is 1. The number of rotatable bonds is 18. The van der Waals surface area contributed by atoms with Crippen LogP contribution in [-0.4, -0.2) is 73.2 Å². The molecule has 0 bridgehead atoms. The monoisotopic (exact) mass is 889 g/mol. The molecule has 0 spiro atoms. The maximum absolute atomic E-state index is 13.4. The Balaban J connectivity index is -0.000000376. The number of Topliss-reactive ketones (excluding diaryl/α,β-unsaturated/α-hetero) is 1. The van der Waals surface area contributed by atoms with E-state index in [2.05, 4.69) is 129 Å². The zero-order valence-corrected chi connectivity index (χ0v) is 43.9. The Morgan fingerprint density at radius 2 is 1.46 bits per heavy atom. The Labute approximate surface area is 390 Å². The van der Waals surface area contributed by atoms with Gasteiger partial charge in [-0.3, -0.25) is 19.2 Å². The minimum Gasteiger partial charge on any atom is -0.405 e. The Bertz CT molecular complexity index is 1240. The molecule has 1 aliphatic carbocycles. The Hall–Kier alpha value is -3.16. The second-order valence-electron chi connectivity index (χ2n) is 19.2. The number of hydrogen-bond donors (Lipinski definition) is 5. The van der Waals surface area contributed by atoms with Crippen LogP contribution in [0.5, 0.6) is 0 Å². The number of nitrogens with zero attached hydrogens (tertiary/aromatic N) is 1. The topological polar surface area (TPSA) is 160 Å². The molecule has 7 N–H and O–H groups in total. The van der Waals surface area contributed by atoms with E-state index in [4.69, 9.17) is 12.2 Å². The van der Waals surface area contributed by atoms with Crippen molar-refractivity contribution < 1.29 is 19.2 Å². The lowest BCUT2D eigenvalue weighted by atomic mass is 9.75. The SMILES string of the molecule is C#CCCC(N)C(=O)C(=O)NCCCC.C=C(C)C1[C@@H](CC)CCN1C(=O)C(NC)C1(C)CCCCCC1.C=CN.CCC(=O)NCCC(C)C.CCC(C)C(C)(C)C.CCCC. The van der Waals surface area contributed by atoms with Gasteiger partial charge in [-0.05, 0) is 87.3 Å². The fourth-order valence-corrected chi connectivity index (χ4v) is 7.20. The van der Waals surface area contributed by atoms with E-state index >= 15 is 0 Å². The van der Waals surface area contributed by atoms with Crippen LogP contribution >= 0.6 is 0 Å². The summed E-state index contributed by atoms with van der Waals surface area (Å²) in [7, 11) is 1.96. The molecule has 2 fully saturated rings. The third kappa shape index (κ3) is 32.2. The molecule has 1 saturated carbocycles. The average molecular weight is 889 g/mol. The quantitative estimate of drug-likeness (QED) is 0.0301. The summed E-state index contributed by atoms with van der Waals surface area (Å²) in [5, 5.41) is 8.73. The van der Waals surface area contributed by atoms with E-state index < -0.39 is 17.7 Å². The maximum atomic E-state index is 13.4. The fraction of sp³-hybridized carbons (Fsp3) is 0.811. The van der Waals surface area contributed by atoms with Crippen LogP contribution in [0.25, 0.3) is 0 Å². The van der Waals surface area contributed by atoms with Crippen molar-refractivity contribution >= 4 is 23.5 Å². The van der Waals surface area contributed by atoms with Crippen molar-refractivity contribution in [3.05, 3.63) is 24.9 Å². The molecule has 0 aromatic carbocycles. The third-order valence-electron chi connectivity index (χ3n) is 12.2. The van der Waals surface area contributed by atoms with Gasteiger partial charge in [0.1, 0.15) is 0 Å². The molecule has 4 unspecified atom stereocenters. The Kier molecular flexibility index (Phi) is 42.6. The van der Waals surface area contributed by atoms with Crippen LogP contribution in [0.4, 0.5) is 0 Å². The predicted molar refractivity (Wildman–Crippen MR) is 273 cm³/mol. The number of hydrogen-bond acceptors (Lipinski definition) is 7. The van der Waals surface area contributed by atoms with E-state index in [1.807, 2.05) is 20.9 Å². The zero-order chi connectivity index (χ0) is 49.6. The lowest BCUT2D eigenvalue weighted by Crippen LogP contribution is -2.55. The van der Waals surface area contributed by atoms with E-state index in [1.54, 1.807) is 0 Å². The highest BCUT2D eigenvalue weighted by molar-refractivity contribution is 6.38. The standard InChI is InChI=1S/C20H36N2O.C11H18N2O2.C8H17NO.C8H18.C4H10.C2H5N/c1-6-16-11-14-22(17(16)15(2)3)19(23)18(21-5)20(4)12-9-7-8-10-13-20;1-3-5-7-9(12)10(14)11(15)13-8-6-4-2;1-4-8(10)9-6-5-7(2)3;1-6-7(2)8(3,4)5;1-3-4-2;1-2-3/h16-18,21H,2,6-14H2,1,3-5H3;1,9H,4-8,12H2,2H3,(H,13,15);7H,4-6H2,1-3H3,(H,9,10);7H,6H2,1-5H3;3-4H2,1-2H3;2H,1,3H2/t16-,17?,18?;;;;;/m0...../s1. The van der Waals surface area contributed by atoms with Gasteiger partial charge < -0.3 is 32.3 Å². The summed E-state index contributed by atoms with van der Waals surface area (Å²) in [4.78, 5) is 48.8. The lowest BCUT2D eigenvalue weighted by Gasteiger charge is -2.40. The van der Waals surface area contributed by atoms with E-state index in [-0.39, 0.29) is 23.4 Å². The molecule has 3 amide bonds. The maximum Gasteiger partial charge on any atom is 0.289 e. The number of unbranched alkanes of at least 4 members (excludes halogenated alkanes) is 2. The molecule has 0 radical (unpaired) electrons. The predicted octanol–water partition coefficient (Wildman–Crippen LogP) is 10.9. The molecule has 2 rings (SSSR count). The van der Waals surface area contributed by atoms with Gasteiger partial charge in [-0.25, -0.2) is 0 Å². The number of nitrogens with two attached hydrogens (primary N) is 2. The molecule has 0 aromatic rings. The lowest BCUT2D eigenvalue weighted by molar-refractivity contribution is -0.138. The number of carbonyl (C=O) groups is 4. The normalized spacial score (nSPS) is 17.7. The van der Waals surface area contributed by atoms with Gasteiger partial charge in [0.15, 0.2) is 0 Å². The first-order chi connectivity index (χ1) is 29.5. The number of likely N-dealkylation sites (N-methyl/N-ethyl adjacent to an activating group) is 1. The van der Waals surface area contributed by atoms with E-state index in [0.29, 0.717) is 49.0 Å². The number of nitrogens with one attached hydrogen (secondary N) is 3. The van der Waals surface area contributed by atoms with Crippen molar-refractivity contribution in [2.24, 2.45) is 40.1 Å². The van der Waals surface area contributed by atoms with Gasteiger partial charge in [-0.2, -0.15) is 0 Å². The van der Waals surface area contributed by atoms with Gasteiger partial charge in [0.2, 0.25) is 17.6 Å². The second-order valence-corrected chi connectivity index (χ2v) is 19.2. The molecule has 1 saturated heterocycles.